The Balaban J connectivity index is 1.67. The molecule has 144 valence electrons. The summed E-state index contributed by atoms with van der Waals surface area (Å²) in [6, 6.07) is 13.3. The highest BCUT2D eigenvalue weighted by Gasteiger charge is 2.24. The lowest BCUT2D eigenvalue weighted by atomic mass is 10.0. The van der Waals surface area contributed by atoms with Gasteiger partial charge in [0.2, 0.25) is 5.91 Å². The van der Waals surface area contributed by atoms with E-state index in [1.807, 2.05) is 48.9 Å². The SMILES string of the molecule is CC(C)C(NC(=O)c1ccc(Cl)cc1)C(=O)Nc1ccc(-n2ccnc2)cc1. The van der Waals surface area contributed by atoms with E-state index in [1.54, 1.807) is 36.8 Å². The van der Waals surface area contributed by atoms with Gasteiger partial charge in [-0.25, -0.2) is 4.98 Å². The molecule has 0 saturated carbocycles. The van der Waals surface area contributed by atoms with Crippen LogP contribution in [-0.4, -0.2) is 27.4 Å². The highest BCUT2D eigenvalue weighted by atomic mass is 35.5. The van der Waals surface area contributed by atoms with E-state index in [-0.39, 0.29) is 17.7 Å². The number of rotatable bonds is 6. The monoisotopic (exact) mass is 396 g/mol. The van der Waals surface area contributed by atoms with E-state index in [0.717, 1.165) is 5.69 Å². The van der Waals surface area contributed by atoms with Gasteiger partial charge in [0.25, 0.3) is 5.91 Å². The standard InChI is InChI=1S/C21H21ClN4O2/c1-14(2)19(25-20(27)15-3-5-16(22)6-4-15)21(28)24-17-7-9-18(10-8-17)26-12-11-23-13-26/h3-14,19H,1-2H3,(H,24,28)(H,25,27). The van der Waals surface area contributed by atoms with Crippen molar-refractivity contribution in [1.29, 1.82) is 0 Å². The molecule has 3 aromatic rings. The average molecular weight is 397 g/mol. The van der Waals surface area contributed by atoms with Gasteiger partial charge in [-0.05, 0) is 54.4 Å². The van der Waals surface area contributed by atoms with E-state index in [1.165, 1.54) is 0 Å². The molecule has 0 bridgehead atoms. The second kappa shape index (κ2) is 8.71. The first-order valence-corrected chi connectivity index (χ1v) is 9.27. The lowest BCUT2D eigenvalue weighted by molar-refractivity contribution is -0.118. The number of amides is 2. The van der Waals surface area contributed by atoms with E-state index < -0.39 is 6.04 Å². The van der Waals surface area contributed by atoms with Crippen LogP contribution in [0.4, 0.5) is 5.69 Å². The molecule has 0 radical (unpaired) electrons. The minimum Gasteiger partial charge on any atom is -0.340 e. The van der Waals surface area contributed by atoms with Crippen LogP contribution < -0.4 is 10.6 Å². The summed E-state index contributed by atoms with van der Waals surface area (Å²) in [5.41, 5.74) is 2.04. The van der Waals surface area contributed by atoms with E-state index in [9.17, 15) is 9.59 Å². The number of hydrogen-bond acceptors (Lipinski definition) is 3. The van der Waals surface area contributed by atoms with Gasteiger partial charge in [0.15, 0.2) is 0 Å². The Morgan fingerprint density at radius 3 is 2.29 bits per heavy atom. The summed E-state index contributed by atoms with van der Waals surface area (Å²) in [6.45, 7) is 3.77. The van der Waals surface area contributed by atoms with Crippen molar-refractivity contribution in [1.82, 2.24) is 14.9 Å². The van der Waals surface area contributed by atoms with Crippen LogP contribution in [0.1, 0.15) is 24.2 Å². The van der Waals surface area contributed by atoms with Gasteiger partial charge >= 0.3 is 0 Å². The van der Waals surface area contributed by atoms with Crippen LogP contribution in [-0.2, 0) is 4.79 Å². The van der Waals surface area contributed by atoms with Gasteiger partial charge in [-0.15, -0.1) is 0 Å². The van der Waals surface area contributed by atoms with Gasteiger partial charge in [0.1, 0.15) is 6.04 Å². The lowest BCUT2D eigenvalue weighted by Crippen LogP contribution is -2.47. The molecule has 0 aliphatic heterocycles. The number of nitrogens with zero attached hydrogens (tertiary/aromatic N) is 2. The molecule has 28 heavy (non-hydrogen) atoms. The summed E-state index contributed by atoms with van der Waals surface area (Å²) >= 11 is 5.86. The largest absolute Gasteiger partial charge is 0.340 e. The highest BCUT2D eigenvalue weighted by Crippen LogP contribution is 2.15. The number of nitrogens with one attached hydrogen (secondary N) is 2. The second-order valence-corrected chi connectivity index (χ2v) is 7.14. The maximum Gasteiger partial charge on any atom is 0.251 e. The molecular formula is C21H21ClN4O2. The van der Waals surface area contributed by atoms with Crippen LogP contribution in [0.3, 0.4) is 0 Å². The number of carbonyl (C=O) groups excluding carboxylic acids is 2. The van der Waals surface area contributed by atoms with Crippen molar-refractivity contribution in [3.8, 4) is 5.69 Å². The van der Waals surface area contributed by atoms with Crippen molar-refractivity contribution in [3.05, 3.63) is 77.8 Å². The van der Waals surface area contributed by atoms with Crippen molar-refractivity contribution >= 4 is 29.1 Å². The first-order chi connectivity index (χ1) is 13.4. The molecule has 3 rings (SSSR count). The van der Waals surface area contributed by atoms with Crippen LogP contribution >= 0.6 is 11.6 Å². The molecule has 0 saturated heterocycles. The fraction of sp³-hybridized carbons (Fsp3) is 0.190. The van der Waals surface area contributed by atoms with Gasteiger partial charge in [0.05, 0.1) is 6.33 Å². The molecule has 0 spiro atoms. The number of benzene rings is 2. The topological polar surface area (TPSA) is 76.0 Å². The third-order valence-corrected chi connectivity index (χ3v) is 4.53. The summed E-state index contributed by atoms with van der Waals surface area (Å²) in [5, 5.41) is 6.21. The van der Waals surface area contributed by atoms with Crippen molar-refractivity contribution in [2.75, 3.05) is 5.32 Å². The molecular weight excluding hydrogens is 376 g/mol. The quantitative estimate of drug-likeness (QED) is 0.663. The third-order valence-electron chi connectivity index (χ3n) is 4.28. The maximum absolute atomic E-state index is 12.7. The van der Waals surface area contributed by atoms with Crippen LogP contribution in [0, 0.1) is 5.92 Å². The number of halogens is 1. The number of hydrogen-bond donors (Lipinski definition) is 2. The molecule has 2 aromatic carbocycles. The van der Waals surface area contributed by atoms with Crippen molar-refractivity contribution in [3.63, 3.8) is 0 Å². The van der Waals surface area contributed by atoms with Crippen LogP contribution in [0.25, 0.3) is 5.69 Å². The van der Waals surface area contributed by atoms with E-state index in [4.69, 9.17) is 11.6 Å². The van der Waals surface area contributed by atoms with Gasteiger partial charge in [-0.1, -0.05) is 25.4 Å². The Kier molecular flexibility index (Phi) is 6.11. The minimum atomic E-state index is -0.670. The summed E-state index contributed by atoms with van der Waals surface area (Å²) in [5.74, 6) is -0.671. The number of aromatic nitrogens is 2. The molecule has 7 heteroatoms. The molecule has 1 atom stereocenters. The molecule has 2 N–H and O–H groups in total. The van der Waals surface area contributed by atoms with Crippen LogP contribution in [0.15, 0.2) is 67.3 Å². The van der Waals surface area contributed by atoms with Crippen molar-refractivity contribution < 1.29 is 9.59 Å². The zero-order chi connectivity index (χ0) is 20.1. The summed E-state index contributed by atoms with van der Waals surface area (Å²) in [7, 11) is 0. The van der Waals surface area contributed by atoms with Crippen LogP contribution in [0.2, 0.25) is 5.02 Å². The Hall–Kier alpha value is -3.12. The van der Waals surface area contributed by atoms with Gasteiger partial charge in [0, 0.05) is 34.4 Å². The molecule has 1 unspecified atom stereocenters. The van der Waals surface area contributed by atoms with Gasteiger partial charge in [-0.2, -0.15) is 0 Å². The Bertz CT molecular complexity index is 936. The second-order valence-electron chi connectivity index (χ2n) is 6.71. The zero-order valence-electron chi connectivity index (χ0n) is 15.6. The number of imidazole rings is 1. The Morgan fingerprint density at radius 2 is 1.71 bits per heavy atom. The van der Waals surface area contributed by atoms with E-state index >= 15 is 0 Å². The van der Waals surface area contributed by atoms with Crippen molar-refractivity contribution in [2.24, 2.45) is 5.92 Å². The predicted molar refractivity (Wildman–Crippen MR) is 110 cm³/mol. The first-order valence-electron chi connectivity index (χ1n) is 8.90. The fourth-order valence-electron chi connectivity index (χ4n) is 2.71. The van der Waals surface area contributed by atoms with E-state index in [2.05, 4.69) is 15.6 Å². The first kappa shape index (κ1) is 19.6. The zero-order valence-corrected chi connectivity index (χ0v) is 16.4. The Labute approximate surface area is 168 Å². The summed E-state index contributed by atoms with van der Waals surface area (Å²) < 4.78 is 1.87. The molecule has 0 aliphatic rings. The number of carbonyl (C=O) groups is 2. The maximum atomic E-state index is 12.7. The molecule has 6 nitrogen and oxygen atoms in total. The van der Waals surface area contributed by atoms with Gasteiger partial charge in [-0.3, -0.25) is 9.59 Å². The molecule has 2 amide bonds. The van der Waals surface area contributed by atoms with E-state index in [0.29, 0.717) is 16.3 Å². The normalized spacial score (nSPS) is 11.9. The fourth-order valence-corrected chi connectivity index (χ4v) is 2.84. The summed E-state index contributed by atoms with van der Waals surface area (Å²) in [6.07, 6.45) is 5.25. The minimum absolute atomic E-state index is 0.0820. The van der Waals surface area contributed by atoms with Gasteiger partial charge < -0.3 is 15.2 Å². The lowest BCUT2D eigenvalue weighted by Gasteiger charge is -2.22. The molecule has 0 fully saturated rings. The highest BCUT2D eigenvalue weighted by molar-refractivity contribution is 6.30. The molecule has 1 aromatic heterocycles. The average Bonchev–Trinajstić information content (AvgIpc) is 3.21. The molecule has 0 aliphatic carbocycles. The Morgan fingerprint density at radius 1 is 1.04 bits per heavy atom. The van der Waals surface area contributed by atoms with Crippen molar-refractivity contribution in [2.45, 2.75) is 19.9 Å². The third kappa shape index (κ3) is 4.78. The smallest absolute Gasteiger partial charge is 0.251 e. The summed E-state index contributed by atoms with van der Waals surface area (Å²) in [4.78, 5) is 29.2. The molecule has 1 heterocycles. The number of anilines is 1. The predicted octanol–water partition coefficient (Wildman–Crippen LogP) is 3.92. The van der Waals surface area contributed by atoms with Crippen LogP contribution in [0.5, 0.6) is 0 Å².